The molecule has 0 amide bonds. The summed E-state index contributed by atoms with van der Waals surface area (Å²) in [6, 6.07) is 0.0960. The van der Waals surface area contributed by atoms with Gasteiger partial charge in [-0.15, -0.1) is 0 Å². The molecule has 76 valence electrons. The average Bonchev–Trinajstić information content (AvgIpc) is 2.80. The van der Waals surface area contributed by atoms with E-state index < -0.39 is 5.97 Å². The van der Waals surface area contributed by atoms with Gasteiger partial charge in [0, 0.05) is 6.04 Å². The van der Waals surface area contributed by atoms with Crippen molar-refractivity contribution in [3.63, 3.8) is 0 Å². The van der Waals surface area contributed by atoms with Gasteiger partial charge in [-0.3, -0.25) is 4.79 Å². The highest BCUT2D eigenvalue weighted by molar-refractivity contribution is 5.67. The van der Waals surface area contributed by atoms with Crippen molar-refractivity contribution in [1.82, 2.24) is 5.32 Å². The second-order valence-electron chi connectivity index (χ2n) is 4.22. The van der Waals surface area contributed by atoms with E-state index in [9.17, 15) is 4.79 Å². The highest BCUT2D eigenvalue weighted by Gasteiger charge is 2.27. The van der Waals surface area contributed by atoms with Gasteiger partial charge in [0.2, 0.25) is 0 Å². The van der Waals surface area contributed by atoms with Gasteiger partial charge in [0.05, 0.1) is 6.42 Å². The number of hydrogen-bond donors (Lipinski definition) is 2. The Morgan fingerprint density at radius 3 is 2.62 bits per heavy atom. The normalized spacial score (nSPS) is 21.1. The van der Waals surface area contributed by atoms with Crippen LogP contribution in [0.25, 0.3) is 0 Å². The molecule has 0 aliphatic heterocycles. The van der Waals surface area contributed by atoms with Crippen molar-refractivity contribution in [3.05, 3.63) is 0 Å². The summed E-state index contributed by atoms with van der Waals surface area (Å²) in [4.78, 5) is 10.4. The minimum absolute atomic E-state index is 0.0960. The second kappa shape index (κ2) is 4.61. The molecular formula is C10H19NO2. The lowest BCUT2D eigenvalue weighted by atomic mass is 10.1. The van der Waals surface area contributed by atoms with Gasteiger partial charge >= 0.3 is 5.97 Å². The topological polar surface area (TPSA) is 49.3 Å². The molecule has 0 spiro atoms. The summed E-state index contributed by atoms with van der Waals surface area (Å²) < 4.78 is 0. The fourth-order valence-corrected chi connectivity index (χ4v) is 1.55. The molecule has 3 nitrogen and oxygen atoms in total. The number of hydrogen-bond acceptors (Lipinski definition) is 2. The van der Waals surface area contributed by atoms with Crippen molar-refractivity contribution < 1.29 is 9.90 Å². The fourth-order valence-electron chi connectivity index (χ4n) is 1.55. The predicted molar refractivity (Wildman–Crippen MR) is 51.6 cm³/mol. The van der Waals surface area contributed by atoms with Gasteiger partial charge in [0.1, 0.15) is 0 Å². The molecule has 1 rings (SSSR count). The van der Waals surface area contributed by atoms with Crippen LogP contribution >= 0.6 is 0 Å². The molecule has 3 heteroatoms. The van der Waals surface area contributed by atoms with Gasteiger partial charge in [-0.05, 0) is 38.1 Å². The van der Waals surface area contributed by atoms with Gasteiger partial charge in [0.15, 0.2) is 0 Å². The Labute approximate surface area is 79.5 Å². The molecule has 0 heterocycles. The fraction of sp³-hybridized carbons (Fsp3) is 0.900. The number of carboxylic acids is 1. The third-order valence-electron chi connectivity index (χ3n) is 2.70. The van der Waals surface area contributed by atoms with Crippen molar-refractivity contribution >= 4 is 5.97 Å². The van der Waals surface area contributed by atoms with Crippen LogP contribution in [0.15, 0.2) is 0 Å². The molecule has 0 aromatic carbocycles. The van der Waals surface area contributed by atoms with Crippen molar-refractivity contribution in [3.8, 4) is 0 Å². The van der Waals surface area contributed by atoms with Crippen LogP contribution in [-0.4, -0.2) is 23.7 Å². The molecule has 0 aromatic heterocycles. The number of aliphatic carboxylic acids is 1. The average molecular weight is 185 g/mol. The second-order valence-corrected chi connectivity index (χ2v) is 4.22. The zero-order chi connectivity index (χ0) is 9.84. The van der Waals surface area contributed by atoms with Gasteiger partial charge < -0.3 is 10.4 Å². The van der Waals surface area contributed by atoms with Gasteiger partial charge in [-0.2, -0.15) is 0 Å². The first-order chi connectivity index (χ1) is 6.09. The van der Waals surface area contributed by atoms with Crippen molar-refractivity contribution in [2.24, 2.45) is 11.8 Å². The van der Waals surface area contributed by atoms with E-state index in [1.165, 1.54) is 12.8 Å². The first-order valence-electron chi connectivity index (χ1n) is 5.04. The van der Waals surface area contributed by atoms with Crippen molar-refractivity contribution in [2.75, 3.05) is 6.54 Å². The number of nitrogens with one attached hydrogen (secondary N) is 1. The summed E-state index contributed by atoms with van der Waals surface area (Å²) in [5, 5.41) is 11.8. The molecule has 0 saturated heterocycles. The summed E-state index contributed by atoms with van der Waals surface area (Å²) in [6.45, 7) is 5.12. The first kappa shape index (κ1) is 10.5. The van der Waals surface area contributed by atoms with Crippen LogP contribution < -0.4 is 5.32 Å². The molecule has 0 aromatic rings. The molecule has 1 saturated carbocycles. The van der Waals surface area contributed by atoms with E-state index in [4.69, 9.17) is 5.11 Å². The summed E-state index contributed by atoms with van der Waals surface area (Å²) in [7, 11) is 0. The standard InChI is InChI=1S/C10H19NO2/c1-7(9-3-4-9)6-11-8(2)5-10(12)13/h7-9,11H,3-6H2,1-2H3,(H,12,13). The molecular weight excluding hydrogens is 166 g/mol. The third kappa shape index (κ3) is 4.27. The van der Waals surface area contributed by atoms with Crippen molar-refractivity contribution in [1.29, 1.82) is 0 Å². The summed E-state index contributed by atoms with van der Waals surface area (Å²) in [5.41, 5.74) is 0. The Bertz CT molecular complexity index is 178. The van der Waals surface area contributed by atoms with E-state index in [2.05, 4.69) is 12.2 Å². The van der Waals surface area contributed by atoms with Gasteiger partial charge in [-0.25, -0.2) is 0 Å². The van der Waals surface area contributed by atoms with Crippen molar-refractivity contribution in [2.45, 2.75) is 39.2 Å². The third-order valence-corrected chi connectivity index (χ3v) is 2.70. The summed E-state index contributed by atoms with van der Waals surface area (Å²) in [6.07, 6.45) is 2.93. The lowest BCUT2D eigenvalue weighted by Gasteiger charge is -2.15. The smallest absolute Gasteiger partial charge is 0.304 e. The maximum atomic E-state index is 10.4. The molecule has 2 atom stereocenters. The quantitative estimate of drug-likeness (QED) is 0.659. The Kier molecular flexibility index (Phi) is 3.72. The SMILES string of the molecule is CC(CC(=O)O)NCC(C)C1CC1. The molecule has 1 aliphatic carbocycles. The summed E-state index contributed by atoms with van der Waals surface area (Å²) in [5.74, 6) is 0.875. The van der Waals surface area contributed by atoms with E-state index in [1.54, 1.807) is 0 Å². The maximum Gasteiger partial charge on any atom is 0.304 e. The Hall–Kier alpha value is -0.570. The maximum absolute atomic E-state index is 10.4. The Morgan fingerprint density at radius 1 is 1.54 bits per heavy atom. The number of rotatable bonds is 6. The van der Waals surface area contributed by atoms with Gasteiger partial charge in [0.25, 0.3) is 0 Å². The minimum atomic E-state index is -0.723. The monoisotopic (exact) mass is 185 g/mol. The number of carbonyl (C=O) groups is 1. The van der Waals surface area contributed by atoms with E-state index in [1.807, 2.05) is 6.92 Å². The highest BCUT2D eigenvalue weighted by atomic mass is 16.4. The van der Waals surface area contributed by atoms with Crippen LogP contribution in [0.2, 0.25) is 0 Å². The highest BCUT2D eigenvalue weighted by Crippen LogP contribution is 2.36. The molecule has 13 heavy (non-hydrogen) atoms. The largest absolute Gasteiger partial charge is 0.481 e. The molecule has 0 radical (unpaired) electrons. The van der Waals surface area contributed by atoms with Crippen LogP contribution in [0.1, 0.15) is 33.1 Å². The van der Waals surface area contributed by atoms with Crippen LogP contribution in [0, 0.1) is 11.8 Å². The molecule has 1 aliphatic rings. The zero-order valence-corrected chi connectivity index (χ0v) is 8.42. The van der Waals surface area contributed by atoms with E-state index in [0.29, 0.717) is 5.92 Å². The zero-order valence-electron chi connectivity index (χ0n) is 8.42. The lowest BCUT2D eigenvalue weighted by Crippen LogP contribution is -2.32. The van der Waals surface area contributed by atoms with Gasteiger partial charge in [-0.1, -0.05) is 6.92 Å². The predicted octanol–water partition coefficient (Wildman–Crippen LogP) is 1.49. The first-order valence-corrected chi connectivity index (χ1v) is 5.04. The van der Waals surface area contributed by atoms with Crippen LogP contribution in [0.3, 0.4) is 0 Å². The molecule has 2 N–H and O–H groups in total. The van der Waals surface area contributed by atoms with E-state index in [-0.39, 0.29) is 12.5 Å². The Balaban J connectivity index is 2.06. The molecule has 1 fully saturated rings. The van der Waals surface area contributed by atoms with Crippen LogP contribution in [0.5, 0.6) is 0 Å². The Morgan fingerprint density at radius 2 is 2.15 bits per heavy atom. The number of carboxylic acid groups (broad SMARTS) is 1. The molecule has 0 bridgehead atoms. The molecule has 2 unspecified atom stereocenters. The van der Waals surface area contributed by atoms with E-state index in [0.717, 1.165) is 12.5 Å². The lowest BCUT2D eigenvalue weighted by molar-refractivity contribution is -0.137. The van der Waals surface area contributed by atoms with Crippen LogP contribution in [-0.2, 0) is 4.79 Å². The van der Waals surface area contributed by atoms with Crippen LogP contribution in [0.4, 0.5) is 0 Å². The van der Waals surface area contributed by atoms with E-state index >= 15 is 0 Å². The minimum Gasteiger partial charge on any atom is -0.481 e. The summed E-state index contributed by atoms with van der Waals surface area (Å²) >= 11 is 0.